The molecular formula is C18H17ClO3. The number of hydrogen-bond donors (Lipinski definition) is 1. The number of phenols is 1. The quantitative estimate of drug-likeness (QED) is 0.664. The number of allylic oxidation sites excluding steroid dienone is 1. The van der Waals surface area contributed by atoms with Crippen LogP contribution in [-0.4, -0.2) is 18.0 Å². The van der Waals surface area contributed by atoms with Gasteiger partial charge in [0.25, 0.3) is 0 Å². The summed E-state index contributed by atoms with van der Waals surface area (Å²) in [4.78, 5) is 12.3. The molecule has 0 amide bonds. The molecule has 0 atom stereocenters. The van der Waals surface area contributed by atoms with Crippen LogP contribution in [-0.2, 0) is 0 Å². The number of aryl methyl sites for hydroxylation is 2. The number of hydrogen-bond acceptors (Lipinski definition) is 3. The number of rotatable bonds is 4. The third-order valence-corrected chi connectivity index (χ3v) is 3.60. The van der Waals surface area contributed by atoms with Crippen molar-refractivity contribution in [3.8, 4) is 11.5 Å². The van der Waals surface area contributed by atoms with Crippen molar-refractivity contribution in [1.29, 1.82) is 0 Å². The lowest BCUT2D eigenvalue weighted by atomic mass is 10.0. The Bertz CT molecular complexity index is 725. The zero-order chi connectivity index (χ0) is 16.3. The van der Waals surface area contributed by atoms with E-state index in [1.54, 1.807) is 24.3 Å². The summed E-state index contributed by atoms with van der Waals surface area (Å²) in [6.45, 7) is 3.65. The number of ketones is 1. The molecule has 1 N–H and O–H groups in total. The topological polar surface area (TPSA) is 46.5 Å². The second kappa shape index (κ2) is 6.67. The standard InChI is InChI=1S/C18H17ClO3/c1-11-8-13(9-12(2)18(11)21)4-7-16(20)15-6-5-14(19)10-17(15)22-3/h4-10,21H,1-3H3/b7-4+. The number of methoxy groups -OCH3 is 1. The molecule has 0 heterocycles. The molecule has 0 aliphatic rings. The van der Waals surface area contributed by atoms with Gasteiger partial charge in [-0.15, -0.1) is 0 Å². The highest BCUT2D eigenvalue weighted by Gasteiger charge is 2.10. The zero-order valence-corrected chi connectivity index (χ0v) is 13.4. The van der Waals surface area contributed by atoms with Gasteiger partial charge >= 0.3 is 0 Å². The van der Waals surface area contributed by atoms with Crippen molar-refractivity contribution in [1.82, 2.24) is 0 Å². The van der Waals surface area contributed by atoms with E-state index < -0.39 is 0 Å². The van der Waals surface area contributed by atoms with E-state index in [9.17, 15) is 9.90 Å². The van der Waals surface area contributed by atoms with Gasteiger partial charge in [-0.2, -0.15) is 0 Å². The maximum Gasteiger partial charge on any atom is 0.189 e. The van der Waals surface area contributed by atoms with E-state index >= 15 is 0 Å². The molecule has 4 heteroatoms. The first-order chi connectivity index (χ1) is 10.4. The molecule has 0 unspecified atom stereocenters. The molecule has 22 heavy (non-hydrogen) atoms. The molecule has 0 aliphatic heterocycles. The minimum Gasteiger partial charge on any atom is -0.507 e. The molecule has 0 fully saturated rings. The van der Waals surface area contributed by atoms with Crippen LogP contribution in [0.4, 0.5) is 0 Å². The van der Waals surface area contributed by atoms with Gasteiger partial charge in [0.1, 0.15) is 11.5 Å². The first kappa shape index (κ1) is 16.1. The fraction of sp³-hybridized carbons (Fsp3) is 0.167. The molecule has 2 aromatic carbocycles. The lowest BCUT2D eigenvalue weighted by Gasteiger charge is -2.06. The molecule has 0 spiro atoms. The van der Waals surface area contributed by atoms with Gasteiger partial charge in [-0.3, -0.25) is 4.79 Å². The number of phenolic OH excluding ortho intramolecular Hbond substituents is 1. The number of ether oxygens (including phenoxy) is 1. The predicted octanol–water partition coefficient (Wildman–Crippen LogP) is 4.57. The third-order valence-electron chi connectivity index (χ3n) is 3.37. The summed E-state index contributed by atoms with van der Waals surface area (Å²) < 4.78 is 5.18. The predicted molar refractivity (Wildman–Crippen MR) is 88.9 cm³/mol. The van der Waals surface area contributed by atoms with Crippen LogP contribution in [0.15, 0.2) is 36.4 Å². The van der Waals surface area contributed by atoms with Crippen LogP contribution >= 0.6 is 11.6 Å². The summed E-state index contributed by atoms with van der Waals surface area (Å²) in [5.74, 6) is 0.556. The SMILES string of the molecule is COc1cc(Cl)ccc1C(=O)/C=C/c1cc(C)c(O)c(C)c1. The molecule has 0 saturated carbocycles. The fourth-order valence-corrected chi connectivity index (χ4v) is 2.38. The summed E-state index contributed by atoms with van der Waals surface area (Å²) in [7, 11) is 1.50. The number of carbonyl (C=O) groups is 1. The minimum atomic E-state index is -0.170. The molecule has 0 radical (unpaired) electrons. The van der Waals surface area contributed by atoms with Gasteiger partial charge < -0.3 is 9.84 Å². The first-order valence-corrected chi connectivity index (χ1v) is 7.16. The molecule has 0 aromatic heterocycles. The Kier molecular flexibility index (Phi) is 4.88. The van der Waals surface area contributed by atoms with Crippen molar-refractivity contribution in [2.24, 2.45) is 0 Å². The summed E-state index contributed by atoms with van der Waals surface area (Å²) in [6.07, 6.45) is 3.20. The second-order valence-electron chi connectivity index (χ2n) is 5.05. The maximum absolute atomic E-state index is 12.3. The minimum absolute atomic E-state index is 0.170. The first-order valence-electron chi connectivity index (χ1n) is 6.78. The van der Waals surface area contributed by atoms with Crippen molar-refractivity contribution < 1.29 is 14.6 Å². The Labute approximate surface area is 134 Å². The number of benzene rings is 2. The number of halogens is 1. The van der Waals surface area contributed by atoms with E-state index in [2.05, 4.69) is 0 Å². The average Bonchev–Trinajstić information content (AvgIpc) is 2.49. The van der Waals surface area contributed by atoms with Crippen molar-refractivity contribution in [3.05, 3.63) is 63.7 Å². The smallest absolute Gasteiger partial charge is 0.189 e. The van der Waals surface area contributed by atoms with E-state index in [1.165, 1.54) is 13.2 Å². The molecule has 2 rings (SSSR count). The number of aromatic hydroxyl groups is 1. The van der Waals surface area contributed by atoms with Gasteiger partial charge in [0, 0.05) is 5.02 Å². The Morgan fingerprint density at radius 3 is 2.41 bits per heavy atom. The summed E-state index contributed by atoms with van der Waals surface area (Å²) in [6, 6.07) is 8.55. The second-order valence-corrected chi connectivity index (χ2v) is 5.48. The molecule has 114 valence electrons. The Morgan fingerprint density at radius 2 is 1.82 bits per heavy atom. The van der Waals surface area contributed by atoms with Crippen LogP contribution in [0.5, 0.6) is 11.5 Å². The Morgan fingerprint density at radius 1 is 1.18 bits per heavy atom. The summed E-state index contributed by atoms with van der Waals surface area (Å²) in [5.41, 5.74) is 2.86. The van der Waals surface area contributed by atoms with Crippen LogP contribution in [0.2, 0.25) is 5.02 Å². The lowest BCUT2D eigenvalue weighted by molar-refractivity contribution is 0.104. The Balaban J connectivity index is 2.29. The molecule has 3 nitrogen and oxygen atoms in total. The molecule has 0 aliphatic carbocycles. The van der Waals surface area contributed by atoms with Crippen LogP contribution < -0.4 is 4.74 Å². The monoisotopic (exact) mass is 316 g/mol. The van der Waals surface area contributed by atoms with Gasteiger partial charge in [0.05, 0.1) is 12.7 Å². The van der Waals surface area contributed by atoms with Gasteiger partial charge in [-0.05, 0) is 66.9 Å². The maximum atomic E-state index is 12.3. The molecule has 0 bridgehead atoms. The van der Waals surface area contributed by atoms with Gasteiger partial charge in [0.15, 0.2) is 5.78 Å². The van der Waals surface area contributed by atoms with Crippen LogP contribution in [0.25, 0.3) is 6.08 Å². The van der Waals surface area contributed by atoms with Crippen LogP contribution in [0.1, 0.15) is 27.0 Å². The number of carbonyl (C=O) groups excluding carboxylic acids is 1. The largest absolute Gasteiger partial charge is 0.507 e. The van der Waals surface area contributed by atoms with Crippen molar-refractivity contribution in [2.75, 3.05) is 7.11 Å². The summed E-state index contributed by atoms with van der Waals surface area (Å²) >= 11 is 5.89. The van der Waals surface area contributed by atoms with Gasteiger partial charge in [-0.1, -0.05) is 17.7 Å². The Hall–Kier alpha value is -2.26. The van der Waals surface area contributed by atoms with E-state index in [-0.39, 0.29) is 11.5 Å². The highest BCUT2D eigenvalue weighted by molar-refractivity contribution is 6.31. The molecule has 2 aromatic rings. The van der Waals surface area contributed by atoms with Crippen molar-refractivity contribution in [2.45, 2.75) is 13.8 Å². The highest BCUT2D eigenvalue weighted by Crippen LogP contribution is 2.25. The van der Waals surface area contributed by atoms with Crippen molar-refractivity contribution in [3.63, 3.8) is 0 Å². The molecular weight excluding hydrogens is 300 g/mol. The van der Waals surface area contributed by atoms with Crippen LogP contribution in [0.3, 0.4) is 0 Å². The highest BCUT2D eigenvalue weighted by atomic mass is 35.5. The van der Waals surface area contributed by atoms with E-state index in [4.69, 9.17) is 16.3 Å². The van der Waals surface area contributed by atoms with Crippen molar-refractivity contribution >= 4 is 23.5 Å². The van der Waals surface area contributed by atoms with E-state index in [1.807, 2.05) is 26.0 Å². The average molecular weight is 317 g/mol. The van der Waals surface area contributed by atoms with Gasteiger partial charge in [0.2, 0.25) is 0 Å². The fourth-order valence-electron chi connectivity index (χ4n) is 2.22. The lowest BCUT2D eigenvalue weighted by Crippen LogP contribution is -1.98. The normalized spacial score (nSPS) is 10.9. The molecule has 0 saturated heterocycles. The summed E-state index contributed by atoms with van der Waals surface area (Å²) in [5, 5.41) is 10.3. The zero-order valence-electron chi connectivity index (χ0n) is 12.7. The van der Waals surface area contributed by atoms with E-state index in [0.717, 1.165) is 16.7 Å². The van der Waals surface area contributed by atoms with Gasteiger partial charge in [-0.25, -0.2) is 0 Å². The third kappa shape index (κ3) is 3.49. The van der Waals surface area contributed by atoms with Crippen LogP contribution in [0, 0.1) is 13.8 Å². The van der Waals surface area contributed by atoms with E-state index in [0.29, 0.717) is 16.3 Å².